The molecule has 1 saturated heterocycles. The van der Waals surface area contributed by atoms with Crippen molar-refractivity contribution in [2.75, 3.05) is 18.4 Å². The van der Waals surface area contributed by atoms with Gasteiger partial charge in [-0.2, -0.15) is 0 Å². The number of ketones is 1. The van der Waals surface area contributed by atoms with Crippen LogP contribution in [0.5, 0.6) is 0 Å². The first-order valence-electron chi connectivity index (χ1n) is 11.4. The number of carbonyl (C=O) groups is 2. The van der Waals surface area contributed by atoms with Crippen LogP contribution in [-0.4, -0.2) is 49.7 Å². The fourth-order valence-corrected chi connectivity index (χ4v) is 4.88. The van der Waals surface area contributed by atoms with E-state index in [1.807, 2.05) is 4.57 Å². The zero-order chi connectivity index (χ0) is 24.1. The van der Waals surface area contributed by atoms with E-state index in [9.17, 15) is 14.0 Å². The predicted octanol–water partition coefficient (Wildman–Crippen LogP) is 4.71. The van der Waals surface area contributed by atoms with E-state index in [0.717, 1.165) is 37.4 Å². The van der Waals surface area contributed by atoms with Crippen molar-refractivity contribution in [3.05, 3.63) is 65.7 Å². The van der Waals surface area contributed by atoms with Crippen molar-refractivity contribution in [3.63, 3.8) is 0 Å². The molecule has 1 unspecified atom stereocenters. The molecule has 1 amide bonds. The maximum atomic E-state index is 13.6. The van der Waals surface area contributed by atoms with Crippen molar-refractivity contribution in [1.29, 1.82) is 0 Å². The van der Waals surface area contributed by atoms with Crippen LogP contribution < -0.4 is 5.32 Å². The van der Waals surface area contributed by atoms with Gasteiger partial charge in [-0.25, -0.2) is 4.39 Å². The Morgan fingerprint density at radius 3 is 2.47 bits per heavy atom. The molecule has 2 heterocycles. The molecule has 178 valence electrons. The van der Waals surface area contributed by atoms with E-state index in [2.05, 4.69) is 20.4 Å². The fourth-order valence-electron chi connectivity index (χ4n) is 3.99. The lowest BCUT2D eigenvalue weighted by molar-refractivity contribution is -0.115. The van der Waals surface area contributed by atoms with Crippen LogP contribution >= 0.6 is 11.8 Å². The number of nitrogens with one attached hydrogen (secondary N) is 1. The Morgan fingerprint density at radius 2 is 1.76 bits per heavy atom. The number of rotatable bonds is 8. The molecule has 1 atom stereocenters. The predicted molar refractivity (Wildman–Crippen MR) is 131 cm³/mol. The van der Waals surface area contributed by atoms with Gasteiger partial charge in [0, 0.05) is 11.3 Å². The number of Topliss-reactive ketones (excluding diaryl/α,β-unsaturated/α-hetero) is 1. The minimum atomic E-state index is -0.508. The van der Waals surface area contributed by atoms with E-state index >= 15 is 0 Å². The van der Waals surface area contributed by atoms with Crippen LogP contribution in [0.25, 0.3) is 5.69 Å². The quantitative estimate of drug-likeness (QED) is 0.371. The van der Waals surface area contributed by atoms with Crippen molar-refractivity contribution < 1.29 is 14.0 Å². The van der Waals surface area contributed by atoms with Gasteiger partial charge in [0.1, 0.15) is 5.82 Å². The van der Waals surface area contributed by atoms with E-state index in [-0.39, 0.29) is 17.5 Å². The maximum absolute atomic E-state index is 13.6. The van der Waals surface area contributed by atoms with Gasteiger partial charge in [0.15, 0.2) is 16.8 Å². The summed E-state index contributed by atoms with van der Waals surface area (Å²) >= 11 is 1.27. The van der Waals surface area contributed by atoms with Crippen LogP contribution in [0.4, 0.5) is 10.1 Å². The highest BCUT2D eigenvalue weighted by atomic mass is 32.2. The molecule has 0 spiro atoms. The van der Waals surface area contributed by atoms with Crippen LogP contribution in [0.15, 0.2) is 53.7 Å². The Bertz CT molecular complexity index is 1160. The second-order valence-corrected chi connectivity index (χ2v) is 9.71. The normalized spacial score (nSPS) is 15.1. The summed E-state index contributed by atoms with van der Waals surface area (Å²) in [7, 11) is 0. The highest BCUT2D eigenvalue weighted by Crippen LogP contribution is 2.28. The molecule has 34 heavy (non-hydrogen) atoms. The molecule has 1 aromatic heterocycles. The molecular weight excluding hydrogens is 453 g/mol. The van der Waals surface area contributed by atoms with Gasteiger partial charge in [-0.05, 0) is 76.2 Å². The lowest BCUT2D eigenvalue weighted by Crippen LogP contribution is -2.30. The zero-order valence-corrected chi connectivity index (χ0v) is 20.1. The Kier molecular flexibility index (Phi) is 7.74. The maximum Gasteiger partial charge on any atom is 0.237 e. The van der Waals surface area contributed by atoms with E-state index < -0.39 is 5.25 Å². The van der Waals surface area contributed by atoms with Gasteiger partial charge >= 0.3 is 0 Å². The van der Waals surface area contributed by atoms with Gasteiger partial charge in [0.2, 0.25) is 5.91 Å². The molecule has 9 heteroatoms. The first kappa shape index (κ1) is 24.1. The van der Waals surface area contributed by atoms with Gasteiger partial charge in [0.25, 0.3) is 0 Å². The Balaban J connectivity index is 1.56. The van der Waals surface area contributed by atoms with Crippen molar-refractivity contribution in [2.45, 2.75) is 50.1 Å². The van der Waals surface area contributed by atoms with Gasteiger partial charge in [-0.3, -0.25) is 19.1 Å². The number of benzene rings is 2. The average molecular weight is 482 g/mol. The average Bonchev–Trinajstić information content (AvgIpc) is 3.22. The Labute approximate surface area is 202 Å². The van der Waals surface area contributed by atoms with E-state index in [1.165, 1.54) is 37.2 Å². The Hall–Kier alpha value is -3.04. The van der Waals surface area contributed by atoms with Gasteiger partial charge < -0.3 is 5.32 Å². The largest absolute Gasteiger partial charge is 0.324 e. The topological polar surface area (TPSA) is 80.1 Å². The van der Waals surface area contributed by atoms with Crippen LogP contribution in [0, 0.1) is 5.82 Å². The third-order valence-electron chi connectivity index (χ3n) is 5.81. The molecule has 1 fully saturated rings. The minimum Gasteiger partial charge on any atom is -0.324 e. The number of carbonyl (C=O) groups excluding carboxylic acids is 2. The summed E-state index contributed by atoms with van der Waals surface area (Å²) in [5, 5.41) is 11.7. The van der Waals surface area contributed by atoms with E-state index in [1.54, 1.807) is 43.3 Å². The zero-order valence-electron chi connectivity index (χ0n) is 19.3. The van der Waals surface area contributed by atoms with Gasteiger partial charge in [0.05, 0.1) is 17.5 Å². The molecule has 1 aliphatic heterocycles. The first-order chi connectivity index (χ1) is 16.4. The molecule has 0 radical (unpaired) electrons. The monoisotopic (exact) mass is 481 g/mol. The second-order valence-electron chi connectivity index (χ2n) is 8.40. The molecule has 4 rings (SSSR count). The second kappa shape index (κ2) is 10.9. The fraction of sp³-hybridized carbons (Fsp3) is 0.360. The summed E-state index contributed by atoms with van der Waals surface area (Å²) in [6.45, 7) is 5.90. The number of likely N-dealkylation sites (tertiary alicyclic amines) is 1. The number of amides is 1. The molecule has 0 saturated carbocycles. The van der Waals surface area contributed by atoms with Crippen molar-refractivity contribution >= 4 is 29.1 Å². The standard InChI is InChI=1S/C25H28FN5O2S/c1-17(32)21-8-4-5-9-22(21)27-24(33)18(2)34-25-29-28-23(16-30-14-6-3-7-15-30)31(25)20-12-10-19(26)11-13-20/h4-5,8-13,18H,3,6-7,14-16H2,1-2H3,(H,27,33). The molecule has 7 nitrogen and oxygen atoms in total. The number of halogens is 1. The summed E-state index contributed by atoms with van der Waals surface area (Å²) in [5.41, 5.74) is 1.69. The molecule has 1 N–H and O–H groups in total. The number of anilines is 1. The SMILES string of the molecule is CC(=O)c1ccccc1NC(=O)C(C)Sc1nnc(CN2CCCCC2)n1-c1ccc(F)cc1. The highest BCUT2D eigenvalue weighted by molar-refractivity contribution is 8.00. The molecule has 3 aromatic rings. The lowest BCUT2D eigenvalue weighted by atomic mass is 10.1. The van der Waals surface area contributed by atoms with E-state index in [4.69, 9.17) is 0 Å². The van der Waals surface area contributed by atoms with Crippen molar-refractivity contribution in [2.24, 2.45) is 0 Å². The number of piperidine rings is 1. The van der Waals surface area contributed by atoms with Gasteiger partial charge in [-0.15, -0.1) is 10.2 Å². The molecule has 1 aliphatic rings. The van der Waals surface area contributed by atoms with Crippen LogP contribution in [0.2, 0.25) is 0 Å². The first-order valence-corrected chi connectivity index (χ1v) is 12.3. The molecular formula is C25H28FN5O2S. The number of para-hydroxylation sites is 1. The van der Waals surface area contributed by atoms with Gasteiger partial charge in [-0.1, -0.05) is 30.3 Å². The highest BCUT2D eigenvalue weighted by Gasteiger charge is 2.23. The lowest BCUT2D eigenvalue weighted by Gasteiger charge is -2.26. The van der Waals surface area contributed by atoms with E-state index in [0.29, 0.717) is 23.0 Å². The summed E-state index contributed by atoms with van der Waals surface area (Å²) < 4.78 is 15.5. The number of thioether (sulfide) groups is 1. The third-order valence-corrected chi connectivity index (χ3v) is 6.86. The van der Waals surface area contributed by atoms with Crippen LogP contribution in [0.3, 0.4) is 0 Å². The summed E-state index contributed by atoms with van der Waals surface area (Å²) in [4.78, 5) is 27.2. The number of aromatic nitrogens is 3. The summed E-state index contributed by atoms with van der Waals surface area (Å²) in [5.74, 6) is 0.0746. The number of nitrogens with zero attached hydrogens (tertiary/aromatic N) is 4. The molecule has 2 aromatic carbocycles. The minimum absolute atomic E-state index is 0.116. The van der Waals surface area contributed by atoms with Crippen LogP contribution in [0.1, 0.15) is 49.3 Å². The number of hydrogen-bond acceptors (Lipinski definition) is 6. The summed E-state index contributed by atoms with van der Waals surface area (Å²) in [6, 6.07) is 13.1. The molecule has 0 aliphatic carbocycles. The Morgan fingerprint density at radius 1 is 1.06 bits per heavy atom. The third kappa shape index (κ3) is 5.71. The van der Waals surface area contributed by atoms with Crippen molar-refractivity contribution in [1.82, 2.24) is 19.7 Å². The molecule has 0 bridgehead atoms. The smallest absolute Gasteiger partial charge is 0.237 e. The van der Waals surface area contributed by atoms with Crippen molar-refractivity contribution in [3.8, 4) is 5.69 Å². The number of hydrogen-bond donors (Lipinski definition) is 1. The summed E-state index contributed by atoms with van der Waals surface area (Å²) in [6.07, 6.45) is 3.55. The van der Waals surface area contributed by atoms with Crippen LogP contribution in [-0.2, 0) is 11.3 Å².